The molecule has 0 radical (unpaired) electrons. The number of carbonyl (C=O) groups is 1. The largest absolute Gasteiger partial charge is 0.376 e. The van der Waals surface area contributed by atoms with Gasteiger partial charge in [-0.15, -0.1) is 0 Å². The van der Waals surface area contributed by atoms with Gasteiger partial charge in [0.1, 0.15) is 5.56 Å². The Hall–Kier alpha value is -1.62. The number of carbonyl (C=O) groups excluding carboxylic acids is 1. The third kappa shape index (κ3) is 2.74. The summed E-state index contributed by atoms with van der Waals surface area (Å²) < 4.78 is 5.48. The fourth-order valence-electron chi connectivity index (χ4n) is 1.97. The van der Waals surface area contributed by atoms with Gasteiger partial charge in [-0.25, -0.2) is 0 Å². The molecule has 0 spiro atoms. The molecule has 1 aliphatic rings. The Kier molecular flexibility index (Phi) is 3.58. The first kappa shape index (κ1) is 11.9. The number of rotatable bonds is 3. The van der Waals surface area contributed by atoms with Gasteiger partial charge in [0.25, 0.3) is 11.5 Å². The molecule has 0 saturated carbocycles. The molecular formula is C12H16N2O3. The summed E-state index contributed by atoms with van der Waals surface area (Å²) in [5.41, 5.74) is -0.234. The molecule has 0 aromatic carbocycles. The van der Waals surface area contributed by atoms with Gasteiger partial charge in [0.2, 0.25) is 0 Å². The highest BCUT2D eigenvalue weighted by Crippen LogP contribution is 2.15. The fourth-order valence-corrected chi connectivity index (χ4v) is 1.97. The van der Waals surface area contributed by atoms with E-state index in [1.807, 2.05) is 6.92 Å². The van der Waals surface area contributed by atoms with Crippen LogP contribution >= 0.6 is 0 Å². The molecule has 2 N–H and O–H groups in total. The van der Waals surface area contributed by atoms with Gasteiger partial charge in [-0.05, 0) is 31.9 Å². The van der Waals surface area contributed by atoms with Crippen LogP contribution in [-0.4, -0.2) is 29.6 Å². The first-order valence-electron chi connectivity index (χ1n) is 5.78. The van der Waals surface area contributed by atoms with Gasteiger partial charge in [-0.2, -0.15) is 0 Å². The molecule has 2 unspecified atom stereocenters. The quantitative estimate of drug-likeness (QED) is 0.810. The van der Waals surface area contributed by atoms with E-state index in [1.165, 1.54) is 12.3 Å². The van der Waals surface area contributed by atoms with Crippen molar-refractivity contribution >= 4 is 5.91 Å². The van der Waals surface area contributed by atoms with Crippen LogP contribution in [0.25, 0.3) is 0 Å². The molecule has 1 saturated heterocycles. The number of pyridine rings is 1. The van der Waals surface area contributed by atoms with Crippen LogP contribution in [-0.2, 0) is 4.74 Å². The predicted molar refractivity (Wildman–Crippen MR) is 63.0 cm³/mol. The second-order valence-corrected chi connectivity index (χ2v) is 4.23. The number of aromatic nitrogens is 1. The van der Waals surface area contributed by atoms with E-state index in [0.717, 1.165) is 19.4 Å². The summed E-state index contributed by atoms with van der Waals surface area (Å²) in [4.78, 5) is 25.7. The van der Waals surface area contributed by atoms with Crippen LogP contribution in [0.5, 0.6) is 0 Å². The van der Waals surface area contributed by atoms with Crippen LogP contribution in [0.2, 0.25) is 0 Å². The number of H-pyrrole nitrogens is 1. The summed E-state index contributed by atoms with van der Waals surface area (Å²) in [5.74, 6) is -0.352. The molecule has 1 aliphatic heterocycles. The Labute approximate surface area is 99.2 Å². The topological polar surface area (TPSA) is 71.2 Å². The summed E-state index contributed by atoms with van der Waals surface area (Å²) in [5, 5.41) is 2.80. The third-order valence-corrected chi connectivity index (χ3v) is 2.94. The summed E-state index contributed by atoms with van der Waals surface area (Å²) in [6.07, 6.45) is 3.54. The van der Waals surface area contributed by atoms with E-state index >= 15 is 0 Å². The Balaban J connectivity index is 2.01. The zero-order valence-electron chi connectivity index (χ0n) is 9.73. The SMILES string of the molecule is CC(NC(=O)c1ccc[nH]c1=O)C1CCCO1. The van der Waals surface area contributed by atoms with Gasteiger partial charge in [-0.3, -0.25) is 9.59 Å². The number of ether oxygens (including phenoxy) is 1. The lowest BCUT2D eigenvalue weighted by atomic mass is 10.1. The number of hydrogen-bond donors (Lipinski definition) is 2. The Morgan fingerprint density at radius 2 is 2.47 bits per heavy atom. The van der Waals surface area contributed by atoms with E-state index in [4.69, 9.17) is 4.74 Å². The van der Waals surface area contributed by atoms with Crippen molar-refractivity contribution < 1.29 is 9.53 Å². The molecule has 17 heavy (non-hydrogen) atoms. The average molecular weight is 236 g/mol. The number of nitrogens with one attached hydrogen (secondary N) is 2. The molecule has 5 nitrogen and oxygen atoms in total. The van der Waals surface area contributed by atoms with E-state index < -0.39 is 0 Å². The van der Waals surface area contributed by atoms with Gasteiger partial charge in [0, 0.05) is 12.8 Å². The highest BCUT2D eigenvalue weighted by molar-refractivity contribution is 5.93. The summed E-state index contributed by atoms with van der Waals surface area (Å²) in [6.45, 7) is 2.64. The predicted octanol–water partition coefficient (Wildman–Crippen LogP) is 0.672. The first-order valence-corrected chi connectivity index (χ1v) is 5.78. The lowest BCUT2D eigenvalue weighted by Crippen LogP contribution is -2.42. The molecule has 2 heterocycles. The Bertz CT molecular complexity index is 449. The van der Waals surface area contributed by atoms with Crippen molar-refractivity contribution in [2.75, 3.05) is 6.61 Å². The maximum atomic E-state index is 11.8. The second-order valence-electron chi connectivity index (χ2n) is 4.23. The van der Waals surface area contributed by atoms with Crippen LogP contribution in [0.15, 0.2) is 23.1 Å². The summed E-state index contributed by atoms with van der Waals surface area (Å²) >= 11 is 0. The smallest absolute Gasteiger partial charge is 0.260 e. The lowest BCUT2D eigenvalue weighted by Gasteiger charge is -2.19. The van der Waals surface area contributed by atoms with Crippen molar-refractivity contribution in [1.29, 1.82) is 0 Å². The van der Waals surface area contributed by atoms with E-state index in [9.17, 15) is 9.59 Å². The molecule has 1 amide bonds. The normalized spacial score (nSPS) is 21.1. The van der Waals surface area contributed by atoms with Crippen LogP contribution in [0.4, 0.5) is 0 Å². The maximum absolute atomic E-state index is 11.8. The summed E-state index contributed by atoms with van der Waals surface area (Å²) in [6, 6.07) is 3.06. The van der Waals surface area contributed by atoms with Gasteiger partial charge in [-0.1, -0.05) is 0 Å². The highest BCUT2D eigenvalue weighted by Gasteiger charge is 2.24. The molecule has 5 heteroatoms. The van der Waals surface area contributed by atoms with Crippen molar-refractivity contribution in [3.05, 3.63) is 34.2 Å². The monoisotopic (exact) mass is 236 g/mol. The van der Waals surface area contributed by atoms with E-state index in [0.29, 0.717) is 0 Å². The van der Waals surface area contributed by atoms with Crippen LogP contribution < -0.4 is 10.9 Å². The molecule has 2 atom stereocenters. The van der Waals surface area contributed by atoms with Crippen molar-refractivity contribution in [2.45, 2.75) is 31.9 Å². The number of hydrogen-bond acceptors (Lipinski definition) is 3. The number of amides is 1. The van der Waals surface area contributed by atoms with Crippen LogP contribution in [0, 0.1) is 0 Å². The van der Waals surface area contributed by atoms with Crippen molar-refractivity contribution in [3.63, 3.8) is 0 Å². The minimum Gasteiger partial charge on any atom is -0.376 e. The van der Waals surface area contributed by atoms with Gasteiger partial charge >= 0.3 is 0 Å². The molecule has 92 valence electrons. The van der Waals surface area contributed by atoms with Crippen LogP contribution in [0.3, 0.4) is 0 Å². The van der Waals surface area contributed by atoms with Gasteiger partial charge < -0.3 is 15.0 Å². The second kappa shape index (κ2) is 5.14. The van der Waals surface area contributed by atoms with E-state index in [1.54, 1.807) is 6.07 Å². The molecule has 1 aromatic rings. The molecular weight excluding hydrogens is 220 g/mol. The van der Waals surface area contributed by atoms with Gasteiger partial charge in [0.15, 0.2) is 0 Å². The van der Waals surface area contributed by atoms with E-state index in [-0.39, 0.29) is 29.2 Å². The molecule has 0 aliphatic carbocycles. The highest BCUT2D eigenvalue weighted by atomic mass is 16.5. The minimum atomic E-state index is -0.371. The van der Waals surface area contributed by atoms with Crippen molar-refractivity contribution in [2.24, 2.45) is 0 Å². The van der Waals surface area contributed by atoms with Crippen LogP contribution in [0.1, 0.15) is 30.1 Å². The first-order chi connectivity index (χ1) is 8.18. The number of aromatic amines is 1. The minimum absolute atomic E-state index is 0.0572. The lowest BCUT2D eigenvalue weighted by molar-refractivity contribution is 0.0711. The molecule has 0 bridgehead atoms. The van der Waals surface area contributed by atoms with Gasteiger partial charge in [0.05, 0.1) is 12.1 Å². The molecule has 1 fully saturated rings. The van der Waals surface area contributed by atoms with Crippen molar-refractivity contribution in [1.82, 2.24) is 10.3 Å². The molecule has 2 rings (SSSR count). The average Bonchev–Trinajstić information content (AvgIpc) is 2.82. The zero-order chi connectivity index (χ0) is 12.3. The third-order valence-electron chi connectivity index (χ3n) is 2.94. The Morgan fingerprint density at radius 3 is 3.12 bits per heavy atom. The molecule has 1 aromatic heterocycles. The van der Waals surface area contributed by atoms with E-state index in [2.05, 4.69) is 10.3 Å². The summed E-state index contributed by atoms with van der Waals surface area (Å²) in [7, 11) is 0. The standard InChI is InChI=1S/C12H16N2O3/c1-8(10-5-3-7-17-10)14-12(16)9-4-2-6-13-11(9)15/h2,4,6,8,10H,3,5,7H2,1H3,(H,13,15)(H,14,16). The fraction of sp³-hybridized carbons (Fsp3) is 0.500. The van der Waals surface area contributed by atoms with Crippen molar-refractivity contribution in [3.8, 4) is 0 Å². The Morgan fingerprint density at radius 1 is 1.65 bits per heavy atom. The maximum Gasteiger partial charge on any atom is 0.260 e. The zero-order valence-corrected chi connectivity index (χ0v) is 9.73.